The molecule has 4 aromatic heterocycles. The highest BCUT2D eigenvalue weighted by Gasteiger charge is 2.23. The van der Waals surface area contributed by atoms with Crippen LogP contribution in [-0.2, 0) is 0 Å². The second-order valence-corrected chi connectivity index (χ2v) is 12.0. The van der Waals surface area contributed by atoms with Crippen molar-refractivity contribution < 1.29 is 0 Å². The predicted octanol–water partition coefficient (Wildman–Crippen LogP) is 9.95. The van der Waals surface area contributed by atoms with Gasteiger partial charge in [0.25, 0.3) is 0 Å². The highest BCUT2D eigenvalue weighted by molar-refractivity contribution is 6.24. The highest BCUT2D eigenvalue weighted by atomic mass is 15.2. The third-order valence-electron chi connectivity index (χ3n) is 9.22. The van der Waals surface area contributed by atoms with Gasteiger partial charge < -0.3 is 4.57 Å². The standard InChI is InChI=1S/C42H26N6/c1-4-12-27(13-5-1)40-44-41(28-14-6-2-7-15-28)46-42(45-40)48-37-25-29-22-23-43-26-30(29)24-35(37)34-21-20-33-32-18-10-11-19-36(32)47(38(33)39(34)48)31-16-8-3-9-17-31/h1-26H. The Morgan fingerprint density at radius 2 is 1.02 bits per heavy atom. The number of benzene rings is 6. The minimum atomic E-state index is 0.563. The zero-order chi connectivity index (χ0) is 31.6. The molecule has 0 N–H and O–H groups in total. The molecule has 4 heterocycles. The first-order valence-electron chi connectivity index (χ1n) is 16.0. The van der Waals surface area contributed by atoms with E-state index in [4.69, 9.17) is 15.0 Å². The largest absolute Gasteiger partial charge is 0.307 e. The average molecular weight is 615 g/mol. The van der Waals surface area contributed by atoms with Crippen molar-refractivity contribution in [2.45, 2.75) is 0 Å². The Balaban J connectivity index is 1.43. The number of hydrogen-bond donors (Lipinski definition) is 0. The van der Waals surface area contributed by atoms with Gasteiger partial charge in [-0.25, -0.2) is 4.98 Å². The van der Waals surface area contributed by atoms with Gasteiger partial charge in [-0.05, 0) is 41.8 Å². The van der Waals surface area contributed by atoms with E-state index in [9.17, 15) is 0 Å². The van der Waals surface area contributed by atoms with Crippen LogP contribution < -0.4 is 0 Å². The lowest BCUT2D eigenvalue weighted by atomic mass is 10.1. The van der Waals surface area contributed by atoms with E-state index in [1.165, 1.54) is 5.39 Å². The smallest absolute Gasteiger partial charge is 0.238 e. The van der Waals surface area contributed by atoms with E-state index in [2.05, 4.69) is 99.0 Å². The van der Waals surface area contributed by atoms with Crippen LogP contribution in [0.3, 0.4) is 0 Å². The van der Waals surface area contributed by atoms with Gasteiger partial charge in [-0.3, -0.25) is 9.55 Å². The van der Waals surface area contributed by atoms with Crippen LogP contribution in [0.1, 0.15) is 0 Å². The third kappa shape index (κ3) is 3.99. The van der Waals surface area contributed by atoms with E-state index in [1.54, 1.807) is 0 Å². The SMILES string of the molecule is c1ccc(-c2nc(-c3ccccc3)nc(-n3c4cc5ccncc5cc4c4ccc5c6ccccc6n(-c6ccccc6)c5c43)n2)cc1. The molecule has 0 aliphatic carbocycles. The summed E-state index contributed by atoms with van der Waals surface area (Å²) in [6.07, 6.45) is 3.78. The lowest BCUT2D eigenvalue weighted by Gasteiger charge is -2.13. The van der Waals surface area contributed by atoms with Gasteiger partial charge >= 0.3 is 0 Å². The lowest BCUT2D eigenvalue weighted by molar-refractivity contribution is 0.954. The molecule has 6 aromatic carbocycles. The van der Waals surface area contributed by atoms with Crippen LogP contribution in [0.4, 0.5) is 0 Å². The molecule has 0 saturated heterocycles. The maximum Gasteiger partial charge on any atom is 0.238 e. The van der Waals surface area contributed by atoms with Crippen molar-refractivity contribution in [2.75, 3.05) is 0 Å². The van der Waals surface area contributed by atoms with Crippen molar-refractivity contribution in [3.63, 3.8) is 0 Å². The molecule has 0 radical (unpaired) electrons. The Morgan fingerprint density at radius 1 is 0.417 bits per heavy atom. The molecule has 0 unspecified atom stereocenters. The van der Waals surface area contributed by atoms with Gasteiger partial charge in [-0.15, -0.1) is 0 Å². The molecule has 224 valence electrons. The predicted molar refractivity (Wildman–Crippen MR) is 195 cm³/mol. The summed E-state index contributed by atoms with van der Waals surface area (Å²) in [7, 11) is 0. The minimum Gasteiger partial charge on any atom is -0.307 e. The summed E-state index contributed by atoms with van der Waals surface area (Å²) < 4.78 is 4.62. The van der Waals surface area contributed by atoms with Crippen molar-refractivity contribution >= 4 is 54.4 Å². The molecule has 0 aliphatic rings. The summed E-state index contributed by atoms with van der Waals surface area (Å²) in [6, 6.07) is 50.5. The third-order valence-corrected chi connectivity index (χ3v) is 9.22. The molecule has 48 heavy (non-hydrogen) atoms. The number of nitrogens with zero attached hydrogens (tertiary/aromatic N) is 6. The van der Waals surface area contributed by atoms with Gasteiger partial charge in [0.05, 0.1) is 22.1 Å². The first-order valence-corrected chi connectivity index (χ1v) is 16.0. The van der Waals surface area contributed by atoms with Gasteiger partial charge in [0.1, 0.15) is 0 Å². The summed E-state index contributed by atoms with van der Waals surface area (Å²) >= 11 is 0. The first kappa shape index (κ1) is 26.5. The molecule has 0 spiro atoms. The van der Waals surface area contributed by atoms with Crippen molar-refractivity contribution in [1.29, 1.82) is 0 Å². The number of rotatable bonds is 4. The topological polar surface area (TPSA) is 61.4 Å². The summed E-state index contributed by atoms with van der Waals surface area (Å²) in [5, 5.41) is 6.76. The average Bonchev–Trinajstić information content (AvgIpc) is 3.67. The zero-order valence-corrected chi connectivity index (χ0v) is 25.7. The lowest BCUT2D eigenvalue weighted by Crippen LogP contribution is -2.07. The molecule has 0 saturated carbocycles. The van der Waals surface area contributed by atoms with E-state index in [-0.39, 0.29) is 0 Å². The first-order chi connectivity index (χ1) is 23.8. The van der Waals surface area contributed by atoms with E-state index in [0.717, 1.165) is 65.8 Å². The van der Waals surface area contributed by atoms with Gasteiger partial charge in [-0.1, -0.05) is 109 Å². The maximum absolute atomic E-state index is 5.23. The fraction of sp³-hybridized carbons (Fsp3) is 0. The Hall–Kier alpha value is -6.66. The monoisotopic (exact) mass is 614 g/mol. The van der Waals surface area contributed by atoms with Crippen LogP contribution in [0.2, 0.25) is 0 Å². The van der Waals surface area contributed by atoms with Crippen molar-refractivity contribution in [1.82, 2.24) is 29.1 Å². The van der Waals surface area contributed by atoms with Crippen LogP contribution in [0, 0.1) is 0 Å². The Labute approximate surface area is 275 Å². The van der Waals surface area contributed by atoms with E-state index in [1.807, 2.05) is 73.1 Å². The quantitative estimate of drug-likeness (QED) is 0.198. The minimum absolute atomic E-state index is 0.563. The fourth-order valence-corrected chi connectivity index (χ4v) is 7.08. The number of para-hydroxylation sites is 2. The van der Waals surface area contributed by atoms with Gasteiger partial charge in [0.2, 0.25) is 5.95 Å². The number of hydrogen-bond acceptors (Lipinski definition) is 4. The molecule has 6 heteroatoms. The zero-order valence-electron chi connectivity index (χ0n) is 25.7. The van der Waals surface area contributed by atoms with Crippen molar-refractivity contribution in [3.8, 4) is 34.4 Å². The van der Waals surface area contributed by atoms with Crippen molar-refractivity contribution in [3.05, 3.63) is 158 Å². The van der Waals surface area contributed by atoms with E-state index < -0.39 is 0 Å². The second-order valence-electron chi connectivity index (χ2n) is 12.0. The van der Waals surface area contributed by atoms with E-state index in [0.29, 0.717) is 17.6 Å². The molecule has 0 fully saturated rings. The summed E-state index contributed by atoms with van der Waals surface area (Å²) in [4.78, 5) is 19.9. The van der Waals surface area contributed by atoms with Gasteiger partial charge in [0.15, 0.2) is 11.6 Å². The molecule has 0 aliphatic heterocycles. The van der Waals surface area contributed by atoms with Gasteiger partial charge in [0, 0.05) is 56.1 Å². The molecule has 6 nitrogen and oxygen atoms in total. The van der Waals surface area contributed by atoms with Crippen LogP contribution in [0.5, 0.6) is 0 Å². The molecular weight excluding hydrogens is 589 g/mol. The Kier molecular flexibility index (Phi) is 5.77. The highest BCUT2D eigenvalue weighted by Crippen LogP contribution is 2.42. The van der Waals surface area contributed by atoms with Crippen molar-refractivity contribution in [2.24, 2.45) is 0 Å². The summed E-state index contributed by atoms with van der Waals surface area (Å²) in [6.45, 7) is 0. The van der Waals surface area contributed by atoms with Crippen LogP contribution in [-0.4, -0.2) is 29.1 Å². The number of aromatic nitrogens is 6. The normalized spacial score (nSPS) is 11.8. The molecule has 0 amide bonds. The number of pyridine rings is 1. The Bertz CT molecular complexity index is 2760. The molecule has 0 atom stereocenters. The Morgan fingerprint density at radius 3 is 1.73 bits per heavy atom. The maximum atomic E-state index is 5.23. The van der Waals surface area contributed by atoms with Crippen LogP contribution >= 0.6 is 0 Å². The second kappa shape index (κ2) is 10.4. The molecule has 10 rings (SSSR count). The van der Waals surface area contributed by atoms with Crippen LogP contribution in [0.15, 0.2) is 158 Å². The summed E-state index contributed by atoms with van der Waals surface area (Å²) in [5.74, 6) is 1.80. The molecule has 0 bridgehead atoms. The molecular formula is C42H26N6. The van der Waals surface area contributed by atoms with Crippen LogP contribution in [0.25, 0.3) is 88.8 Å². The number of fused-ring (bicyclic) bond motifs is 8. The fourth-order valence-electron chi connectivity index (χ4n) is 7.08. The molecule has 10 aromatic rings. The van der Waals surface area contributed by atoms with Gasteiger partial charge in [-0.2, -0.15) is 9.97 Å². The summed E-state index contributed by atoms with van der Waals surface area (Å²) in [5.41, 5.74) is 7.25. The van der Waals surface area contributed by atoms with E-state index >= 15 is 0 Å².